The SMILES string of the molecule is CC(=O)N1CCc2c(cn(CCn3c(C)cc4ccccc43)c(=O)c2C(=O)O)C1. The van der Waals surface area contributed by atoms with Crippen molar-refractivity contribution in [3.8, 4) is 0 Å². The molecule has 0 atom stereocenters. The van der Waals surface area contributed by atoms with Crippen LogP contribution in [0.4, 0.5) is 0 Å². The number of nitrogens with zero attached hydrogens (tertiary/aromatic N) is 3. The van der Waals surface area contributed by atoms with E-state index in [0.717, 1.165) is 22.2 Å². The van der Waals surface area contributed by atoms with Crippen LogP contribution in [0.15, 0.2) is 41.3 Å². The van der Waals surface area contributed by atoms with Crippen molar-refractivity contribution in [1.29, 1.82) is 0 Å². The molecule has 1 aromatic carbocycles. The number of rotatable bonds is 4. The highest BCUT2D eigenvalue weighted by molar-refractivity contribution is 5.89. The normalized spacial score (nSPS) is 13.5. The summed E-state index contributed by atoms with van der Waals surface area (Å²) in [4.78, 5) is 38.2. The van der Waals surface area contributed by atoms with E-state index in [1.807, 2.05) is 31.2 Å². The van der Waals surface area contributed by atoms with Crippen molar-refractivity contribution in [1.82, 2.24) is 14.0 Å². The van der Waals surface area contributed by atoms with E-state index in [-0.39, 0.29) is 11.5 Å². The number of aryl methyl sites for hydroxylation is 3. The molecule has 29 heavy (non-hydrogen) atoms. The Morgan fingerprint density at radius 1 is 1.17 bits per heavy atom. The van der Waals surface area contributed by atoms with Gasteiger partial charge in [-0.05, 0) is 42.0 Å². The first-order valence-electron chi connectivity index (χ1n) is 9.65. The van der Waals surface area contributed by atoms with Gasteiger partial charge in [0.05, 0.1) is 0 Å². The quantitative estimate of drug-likeness (QED) is 0.738. The van der Waals surface area contributed by atoms with Crippen LogP contribution in [-0.2, 0) is 30.8 Å². The number of benzene rings is 1. The van der Waals surface area contributed by atoms with E-state index in [1.54, 1.807) is 11.1 Å². The van der Waals surface area contributed by atoms with Gasteiger partial charge in [0.25, 0.3) is 5.56 Å². The number of aromatic nitrogens is 2. The Hall–Kier alpha value is -3.35. The number of hydrogen-bond acceptors (Lipinski definition) is 3. The number of carboxylic acid groups (broad SMARTS) is 1. The average molecular weight is 393 g/mol. The molecule has 0 unspecified atom stereocenters. The zero-order chi connectivity index (χ0) is 20.7. The number of aromatic carboxylic acids is 1. The van der Waals surface area contributed by atoms with Gasteiger partial charge < -0.3 is 19.1 Å². The molecule has 150 valence electrons. The fraction of sp³-hybridized carbons (Fsp3) is 0.318. The van der Waals surface area contributed by atoms with E-state index in [1.165, 1.54) is 11.5 Å². The van der Waals surface area contributed by atoms with Crippen molar-refractivity contribution in [2.45, 2.75) is 39.9 Å². The van der Waals surface area contributed by atoms with Crippen LogP contribution in [-0.4, -0.2) is 37.6 Å². The van der Waals surface area contributed by atoms with Gasteiger partial charge in [0.15, 0.2) is 0 Å². The maximum atomic E-state index is 12.9. The molecule has 4 rings (SSSR count). The zero-order valence-electron chi connectivity index (χ0n) is 16.5. The van der Waals surface area contributed by atoms with E-state index in [4.69, 9.17) is 0 Å². The highest BCUT2D eigenvalue weighted by atomic mass is 16.4. The molecule has 1 amide bonds. The fourth-order valence-electron chi connectivity index (χ4n) is 4.22. The lowest BCUT2D eigenvalue weighted by atomic mass is 9.96. The minimum absolute atomic E-state index is 0.0558. The number of carbonyl (C=O) groups is 2. The van der Waals surface area contributed by atoms with Gasteiger partial charge >= 0.3 is 5.97 Å². The molecule has 0 radical (unpaired) electrons. The molecular formula is C22H23N3O4. The monoisotopic (exact) mass is 393 g/mol. The van der Waals surface area contributed by atoms with E-state index < -0.39 is 11.5 Å². The summed E-state index contributed by atoms with van der Waals surface area (Å²) in [5, 5.41) is 10.8. The maximum absolute atomic E-state index is 12.9. The van der Waals surface area contributed by atoms with Gasteiger partial charge in [-0.25, -0.2) is 4.79 Å². The molecular weight excluding hydrogens is 370 g/mol. The molecule has 0 fully saturated rings. The Labute approximate surface area is 167 Å². The summed E-state index contributed by atoms with van der Waals surface area (Å²) in [6.45, 7) is 5.18. The summed E-state index contributed by atoms with van der Waals surface area (Å²) in [6, 6.07) is 10.1. The largest absolute Gasteiger partial charge is 0.477 e. The van der Waals surface area contributed by atoms with Crippen LogP contribution >= 0.6 is 0 Å². The molecule has 7 nitrogen and oxygen atoms in total. The number of pyridine rings is 1. The third-order valence-electron chi connectivity index (χ3n) is 5.71. The maximum Gasteiger partial charge on any atom is 0.341 e. The molecule has 1 N–H and O–H groups in total. The van der Waals surface area contributed by atoms with E-state index in [0.29, 0.717) is 38.2 Å². The summed E-state index contributed by atoms with van der Waals surface area (Å²) in [6.07, 6.45) is 2.11. The summed E-state index contributed by atoms with van der Waals surface area (Å²) in [5.74, 6) is -1.26. The fourth-order valence-corrected chi connectivity index (χ4v) is 4.22. The number of para-hydroxylation sites is 1. The third kappa shape index (κ3) is 3.33. The van der Waals surface area contributed by atoms with E-state index in [2.05, 4.69) is 10.6 Å². The van der Waals surface area contributed by atoms with Crippen LogP contribution in [0.2, 0.25) is 0 Å². The Bertz CT molecular complexity index is 1190. The second kappa shape index (κ2) is 7.24. The van der Waals surface area contributed by atoms with Crippen LogP contribution < -0.4 is 5.56 Å². The predicted octanol–water partition coefficient (Wildman–Crippen LogP) is 2.41. The van der Waals surface area contributed by atoms with Gasteiger partial charge in [0.2, 0.25) is 5.91 Å². The number of carbonyl (C=O) groups excluding carboxylic acids is 1. The van der Waals surface area contributed by atoms with Crippen molar-refractivity contribution in [2.75, 3.05) is 6.54 Å². The van der Waals surface area contributed by atoms with Crippen molar-refractivity contribution >= 4 is 22.8 Å². The van der Waals surface area contributed by atoms with Crippen molar-refractivity contribution in [3.63, 3.8) is 0 Å². The second-order valence-electron chi connectivity index (χ2n) is 7.50. The summed E-state index contributed by atoms with van der Waals surface area (Å²) < 4.78 is 3.60. The lowest BCUT2D eigenvalue weighted by Gasteiger charge is -2.29. The molecule has 2 aromatic heterocycles. The third-order valence-corrected chi connectivity index (χ3v) is 5.71. The smallest absolute Gasteiger partial charge is 0.341 e. The highest BCUT2D eigenvalue weighted by Crippen LogP contribution is 2.22. The average Bonchev–Trinajstić information content (AvgIpc) is 3.00. The van der Waals surface area contributed by atoms with Gasteiger partial charge in [-0.15, -0.1) is 0 Å². The number of hydrogen-bond donors (Lipinski definition) is 1. The highest BCUT2D eigenvalue weighted by Gasteiger charge is 2.26. The first-order valence-corrected chi connectivity index (χ1v) is 9.65. The molecule has 0 saturated carbocycles. The first kappa shape index (κ1) is 19.0. The van der Waals surface area contributed by atoms with Gasteiger partial charge in [-0.3, -0.25) is 9.59 Å². The molecule has 0 spiro atoms. The van der Waals surface area contributed by atoms with Crippen molar-refractivity contribution in [2.24, 2.45) is 0 Å². The number of amides is 1. The van der Waals surface area contributed by atoms with Crippen molar-refractivity contribution in [3.05, 3.63) is 69.3 Å². The van der Waals surface area contributed by atoms with Crippen LogP contribution in [0.5, 0.6) is 0 Å². The lowest BCUT2D eigenvalue weighted by Crippen LogP contribution is -2.39. The Kier molecular flexibility index (Phi) is 4.74. The number of fused-ring (bicyclic) bond motifs is 2. The molecule has 7 heteroatoms. The Morgan fingerprint density at radius 2 is 1.93 bits per heavy atom. The number of carboxylic acids is 1. The van der Waals surface area contributed by atoms with Gasteiger partial charge in [0.1, 0.15) is 5.56 Å². The van der Waals surface area contributed by atoms with E-state index in [9.17, 15) is 19.5 Å². The van der Waals surface area contributed by atoms with Gasteiger partial charge in [-0.2, -0.15) is 0 Å². The molecule has 3 aromatic rings. The van der Waals surface area contributed by atoms with Crippen LogP contribution in [0.25, 0.3) is 10.9 Å². The Morgan fingerprint density at radius 3 is 2.66 bits per heavy atom. The van der Waals surface area contributed by atoms with Crippen LogP contribution in [0, 0.1) is 6.92 Å². The molecule has 0 aliphatic carbocycles. The van der Waals surface area contributed by atoms with Gasteiger partial charge in [-0.1, -0.05) is 18.2 Å². The summed E-state index contributed by atoms with van der Waals surface area (Å²) in [5.41, 5.74) is 2.80. The lowest BCUT2D eigenvalue weighted by molar-refractivity contribution is -0.129. The van der Waals surface area contributed by atoms with Crippen LogP contribution in [0.1, 0.15) is 34.1 Å². The first-order chi connectivity index (χ1) is 13.9. The molecule has 1 aliphatic heterocycles. The van der Waals surface area contributed by atoms with E-state index >= 15 is 0 Å². The Balaban J connectivity index is 1.72. The second-order valence-corrected chi connectivity index (χ2v) is 7.50. The summed E-state index contributed by atoms with van der Waals surface area (Å²) >= 11 is 0. The standard InChI is InChI=1S/C22H23N3O4/c1-14-11-16-5-3-4-6-19(16)25(14)10-9-24-13-17-12-23(15(2)26)8-7-18(17)20(21(24)27)22(28)29/h3-6,11,13H,7-10,12H2,1-2H3,(H,28,29). The predicted molar refractivity (Wildman–Crippen MR) is 109 cm³/mol. The minimum Gasteiger partial charge on any atom is -0.477 e. The summed E-state index contributed by atoms with van der Waals surface area (Å²) in [7, 11) is 0. The van der Waals surface area contributed by atoms with Crippen molar-refractivity contribution < 1.29 is 14.7 Å². The molecule has 0 saturated heterocycles. The zero-order valence-corrected chi connectivity index (χ0v) is 16.5. The molecule has 1 aliphatic rings. The van der Waals surface area contributed by atoms with Gasteiger partial charge in [0, 0.05) is 50.5 Å². The molecule has 0 bridgehead atoms. The topological polar surface area (TPSA) is 84.5 Å². The van der Waals surface area contributed by atoms with Crippen LogP contribution in [0.3, 0.4) is 0 Å². The minimum atomic E-state index is -1.21. The molecule has 3 heterocycles.